The number of hydrazine groups is 1. The topological polar surface area (TPSA) is 71.7 Å². The summed E-state index contributed by atoms with van der Waals surface area (Å²) in [5.41, 5.74) is 4.33. The molecule has 0 fully saturated rings. The fourth-order valence-corrected chi connectivity index (χ4v) is 1.78. The van der Waals surface area contributed by atoms with Gasteiger partial charge in [-0.3, -0.25) is 5.43 Å². The van der Waals surface area contributed by atoms with Crippen molar-refractivity contribution in [2.75, 3.05) is 19.0 Å². The van der Waals surface area contributed by atoms with E-state index in [0.717, 1.165) is 11.3 Å². The molecule has 0 aliphatic rings. The lowest BCUT2D eigenvalue weighted by Crippen LogP contribution is -2.37. The van der Waals surface area contributed by atoms with Gasteiger partial charge in [-0.2, -0.15) is 0 Å². The van der Waals surface area contributed by atoms with Crippen LogP contribution in [0.3, 0.4) is 0 Å². The largest absolute Gasteiger partial charge is 0.382 e. The summed E-state index contributed by atoms with van der Waals surface area (Å²) in [6.07, 6.45) is 0. The second-order valence-electron chi connectivity index (χ2n) is 3.98. The van der Waals surface area contributed by atoms with Crippen molar-refractivity contribution in [2.45, 2.75) is 19.9 Å². The van der Waals surface area contributed by atoms with Gasteiger partial charge in [0.15, 0.2) is 0 Å². The monoisotopic (exact) mass is 270 g/mol. The summed E-state index contributed by atoms with van der Waals surface area (Å²) in [7, 11) is 1.63. The van der Waals surface area contributed by atoms with Crippen molar-refractivity contribution in [1.82, 2.24) is 5.43 Å². The molecule has 1 rings (SSSR count). The van der Waals surface area contributed by atoms with E-state index in [1.54, 1.807) is 7.11 Å². The SMILES string of the molecule is COCC(C)N=C(NN)Nc1c(C)cccc1Cl. The maximum atomic E-state index is 6.12. The van der Waals surface area contributed by atoms with Crippen LogP contribution in [0.4, 0.5) is 5.69 Å². The normalized spacial score (nSPS) is 13.3. The number of aryl methyl sites for hydroxylation is 1. The molecular formula is C12H19ClN4O. The van der Waals surface area contributed by atoms with Gasteiger partial charge in [-0.15, -0.1) is 0 Å². The third-order valence-electron chi connectivity index (χ3n) is 2.36. The van der Waals surface area contributed by atoms with Crippen LogP contribution in [0.2, 0.25) is 5.02 Å². The molecule has 0 amide bonds. The average molecular weight is 271 g/mol. The minimum Gasteiger partial charge on any atom is -0.382 e. The number of anilines is 1. The van der Waals surface area contributed by atoms with Crippen LogP contribution < -0.4 is 16.6 Å². The summed E-state index contributed by atoms with van der Waals surface area (Å²) in [6.45, 7) is 4.41. The van der Waals surface area contributed by atoms with Crippen LogP contribution in [-0.4, -0.2) is 25.7 Å². The molecule has 0 saturated heterocycles. The number of guanidine groups is 1. The van der Waals surface area contributed by atoms with Crippen molar-refractivity contribution in [3.8, 4) is 0 Å². The van der Waals surface area contributed by atoms with Crippen molar-refractivity contribution < 1.29 is 4.74 Å². The van der Waals surface area contributed by atoms with Gasteiger partial charge in [0.05, 0.1) is 23.4 Å². The number of methoxy groups -OCH3 is 1. The van der Waals surface area contributed by atoms with Gasteiger partial charge in [0.2, 0.25) is 5.96 Å². The van der Waals surface area contributed by atoms with Gasteiger partial charge in [-0.05, 0) is 25.5 Å². The Labute approximate surface area is 112 Å². The number of aliphatic imine (C=N–C) groups is 1. The van der Waals surface area contributed by atoms with E-state index in [4.69, 9.17) is 22.2 Å². The number of halogens is 1. The Kier molecular flexibility index (Phi) is 5.91. The highest BCUT2D eigenvalue weighted by molar-refractivity contribution is 6.34. The standard InChI is InChI=1S/C12H19ClN4O/c1-8-5-4-6-10(13)11(8)16-12(17-14)15-9(2)7-18-3/h4-6,9H,7,14H2,1-3H3,(H2,15,16,17). The first-order chi connectivity index (χ1) is 8.58. The lowest BCUT2D eigenvalue weighted by molar-refractivity contribution is 0.185. The highest BCUT2D eigenvalue weighted by Gasteiger charge is 2.07. The molecule has 100 valence electrons. The smallest absolute Gasteiger partial charge is 0.210 e. The first-order valence-electron chi connectivity index (χ1n) is 5.64. The molecular weight excluding hydrogens is 252 g/mol. The zero-order chi connectivity index (χ0) is 13.5. The molecule has 0 radical (unpaired) electrons. The highest BCUT2D eigenvalue weighted by Crippen LogP contribution is 2.24. The molecule has 0 spiro atoms. The quantitative estimate of drug-likeness (QED) is 0.338. The van der Waals surface area contributed by atoms with Gasteiger partial charge >= 0.3 is 0 Å². The Balaban J connectivity index is 2.86. The molecule has 1 unspecified atom stereocenters. The third kappa shape index (κ3) is 4.18. The molecule has 5 nitrogen and oxygen atoms in total. The Morgan fingerprint density at radius 2 is 2.28 bits per heavy atom. The van der Waals surface area contributed by atoms with Crippen molar-refractivity contribution in [1.29, 1.82) is 0 Å². The number of nitrogens with one attached hydrogen (secondary N) is 2. The summed E-state index contributed by atoms with van der Waals surface area (Å²) in [4.78, 5) is 4.35. The molecule has 6 heteroatoms. The van der Waals surface area contributed by atoms with E-state index in [1.165, 1.54) is 0 Å². The molecule has 4 N–H and O–H groups in total. The number of rotatable bonds is 4. The highest BCUT2D eigenvalue weighted by atomic mass is 35.5. The third-order valence-corrected chi connectivity index (χ3v) is 2.67. The molecule has 1 atom stereocenters. The molecule has 0 saturated carbocycles. The Hall–Kier alpha value is -1.30. The van der Waals surface area contributed by atoms with E-state index in [0.29, 0.717) is 17.6 Å². The Morgan fingerprint density at radius 1 is 1.56 bits per heavy atom. The van der Waals surface area contributed by atoms with E-state index < -0.39 is 0 Å². The summed E-state index contributed by atoms with van der Waals surface area (Å²) in [6, 6.07) is 5.66. The van der Waals surface area contributed by atoms with E-state index in [-0.39, 0.29) is 6.04 Å². The molecule has 0 aliphatic heterocycles. The number of benzene rings is 1. The minimum absolute atomic E-state index is 0.00339. The van der Waals surface area contributed by atoms with Crippen LogP contribution in [0.25, 0.3) is 0 Å². The number of hydrogen-bond acceptors (Lipinski definition) is 3. The van der Waals surface area contributed by atoms with Crippen molar-refractivity contribution >= 4 is 23.2 Å². The summed E-state index contributed by atoms with van der Waals surface area (Å²) in [5, 5.41) is 3.70. The number of nitrogens with two attached hydrogens (primary N) is 1. The fourth-order valence-electron chi connectivity index (χ4n) is 1.51. The van der Waals surface area contributed by atoms with Crippen LogP contribution in [-0.2, 0) is 4.74 Å². The lowest BCUT2D eigenvalue weighted by atomic mass is 10.2. The maximum absolute atomic E-state index is 6.12. The number of nitrogens with zero attached hydrogens (tertiary/aromatic N) is 1. The molecule has 0 aromatic heterocycles. The van der Waals surface area contributed by atoms with Gasteiger partial charge in [-0.25, -0.2) is 10.8 Å². The first kappa shape index (κ1) is 14.8. The van der Waals surface area contributed by atoms with Crippen LogP contribution in [0, 0.1) is 6.92 Å². The fraction of sp³-hybridized carbons (Fsp3) is 0.417. The van der Waals surface area contributed by atoms with E-state index in [2.05, 4.69) is 15.7 Å². The second kappa shape index (κ2) is 7.20. The molecule has 0 aliphatic carbocycles. The predicted octanol–water partition coefficient (Wildman–Crippen LogP) is 1.91. The number of hydrogen-bond donors (Lipinski definition) is 3. The van der Waals surface area contributed by atoms with Gasteiger partial charge in [0.25, 0.3) is 0 Å². The van der Waals surface area contributed by atoms with Gasteiger partial charge < -0.3 is 10.1 Å². The summed E-state index contributed by atoms with van der Waals surface area (Å²) >= 11 is 6.12. The molecule has 1 aromatic carbocycles. The average Bonchev–Trinajstić information content (AvgIpc) is 2.33. The molecule has 0 heterocycles. The molecule has 18 heavy (non-hydrogen) atoms. The van der Waals surface area contributed by atoms with Crippen LogP contribution in [0.5, 0.6) is 0 Å². The van der Waals surface area contributed by atoms with Crippen molar-refractivity contribution in [3.63, 3.8) is 0 Å². The predicted molar refractivity (Wildman–Crippen MR) is 75.9 cm³/mol. The maximum Gasteiger partial charge on any atom is 0.210 e. The summed E-state index contributed by atoms with van der Waals surface area (Å²) in [5.74, 6) is 5.89. The van der Waals surface area contributed by atoms with Crippen molar-refractivity contribution in [3.05, 3.63) is 28.8 Å². The molecule has 0 bridgehead atoms. The Morgan fingerprint density at radius 3 is 2.83 bits per heavy atom. The first-order valence-corrected chi connectivity index (χ1v) is 6.01. The van der Waals surface area contributed by atoms with Crippen LogP contribution >= 0.6 is 11.6 Å². The van der Waals surface area contributed by atoms with E-state index in [9.17, 15) is 0 Å². The van der Waals surface area contributed by atoms with Gasteiger partial charge in [-0.1, -0.05) is 23.7 Å². The van der Waals surface area contributed by atoms with Gasteiger partial charge in [0.1, 0.15) is 0 Å². The zero-order valence-electron chi connectivity index (χ0n) is 10.8. The number of ether oxygens (including phenoxy) is 1. The van der Waals surface area contributed by atoms with Crippen LogP contribution in [0.1, 0.15) is 12.5 Å². The second-order valence-corrected chi connectivity index (χ2v) is 4.39. The molecule has 1 aromatic rings. The number of para-hydroxylation sites is 1. The Bertz CT molecular complexity index is 402. The van der Waals surface area contributed by atoms with Crippen molar-refractivity contribution in [2.24, 2.45) is 10.8 Å². The van der Waals surface area contributed by atoms with E-state index >= 15 is 0 Å². The van der Waals surface area contributed by atoms with Crippen LogP contribution in [0.15, 0.2) is 23.2 Å². The van der Waals surface area contributed by atoms with E-state index in [1.807, 2.05) is 32.0 Å². The minimum atomic E-state index is -0.00339. The lowest BCUT2D eigenvalue weighted by Gasteiger charge is -2.14. The summed E-state index contributed by atoms with van der Waals surface area (Å²) < 4.78 is 5.02. The van der Waals surface area contributed by atoms with Gasteiger partial charge in [0, 0.05) is 7.11 Å². The zero-order valence-corrected chi connectivity index (χ0v) is 11.6.